The molecule has 0 aliphatic carbocycles. The Bertz CT molecular complexity index is 566. The largest absolute Gasteiger partial charge is 0.398 e. The lowest BCUT2D eigenvalue weighted by atomic mass is 10.3. The van der Waals surface area contributed by atoms with Gasteiger partial charge in [-0.05, 0) is 32.0 Å². The van der Waals surface area contributed by atoms with Gasteiger partial charge in [0.25, 0.3) is 0 Å². The number of sulfonamides is 1. The smallest absolute Gasteiger partial charge is 0.245 e. The normalized spacial score (nSPS) is 25.4. The second kappa shape index (κ2) is 5.28. The highest BCUT2D eigenvalue weighted by Crippen LogP contribution is 2.27. The van der Waals surface area contributed by atoms with E-state index in [9.17, 15) is 8.42 Å². The number of morpholine rings is 1. The highest BCUT2D eigenvalue weighted by Gasteiger charge is 2.33. The van der Waals surface area contributed by atoms with Gasteiger partial charge in [0.1, 0.15) is 4.90 Å². The van der Waals surface area contributed by atoms with Gasteiger partial charge in [-0.2, -0.15) is 4.31 Å². The predicted octanol–water partition coefficient (Wildman–Crippen LogP) is 1.72. The molecule has 0 radical (unpaired) electrons. The Morgan fingerprint density at radius 1 is 1.32 bits per heavy atom. The zero-order chi connectivity index (χ0) is 14.2. The van der Waals surface area contributed by atoms with Crippen molar-refractivity contribution >= 4 is 27.3 Å². The summed E-state index contributed by atoms with van der Waals surface area (Å²) in [6.45, 7) is 4.36. The quantitative estimate of drug-likeness (QED) is 0.844. The number of anilines is 1. The highest BCUT2D eigenvalue weighted by molar-refractivity contribution is 7.89. The van der Waals surface area contributed by atoms with Gasteiger partial charge in [0.2, 0.25) is 10.0 Å². The number of nitrogen functional groups attached to an aromatic ring is 1. The second-order valence-corrected chi connectivity index (χ2v) is 7.10. The van der Waals surface area contributed by atoms with Crippen LogP contribution in [0.4, 0.5) is 5.69 Å². The average molecular weight is 305 g/mol. The average Bonchev–Trinajstić information content (AvgIpc) is 2.26. The fraction of sp³-hybridized carbons (Fsp3) is 0.500. The van der Waals surface area contributed by atoms with E-state index in [0.717, 1.165) is 0 Å². The first-order chi connectivity index (χ1) is 8.80. The zero-order valence-electron chi connectivity index (χ0n) is 10.8. The maximum absolute atomic E-state index is 12.6. The maximum Gasteiger partial charge on any atom is 0.245 e. The number of ether oxygens (including phenoxy) is 1. The van der Waals surface area contributed by atoms with E-state index in [1.807, 2.05) is 13.8 Å². The van der Waals surface area contributed by atoms with Crippen LogP contribution in [0.1, 0.15) is 13.8 Å². The van der Waals surface area contributed by atoms with Crippen molar-refractivity contribution in [3.05, 3.63) is 23.2 Å². The number of hydrogen-bond acceptors (Lipinski definition) is 4. The molecule has 1 aromatic rings. The summed E-state index contributed by atoms with van der Waals surface area (Å²) >= 11 is 5.79. The van der Waals surface area contributed by atoms with E-state index >= 15 is 0 Å². The molecule has 0 bridgehead atoms. The van der Waals surface area contributed by atoms with Gasteiger partial charge in [-0.15, -0.1) is 0 Å². The lowest BCUT2D eigenvalue weighted by molar-refractivity contribution is -0.0440. The van der Waals surface area contributed by atoms with Crippen molar-refractivity contribution in [2.45, 2.75) is 31.0 Å². The van der Waals surface area contributed by atoms with Crippen molar-refractivity contribution in [1.82, 2.24) is 4.31 Å². The first kappa shape index (κ1) is 14.6. The van der Waals surface area contributed by atoms with Crippen LogP contribution in [-0.2, 0) is 14.8 Å². The van der Waals surface area contributed by atoms with Crippen LogP contribution in [-0.4, -0.2) is 38.0 Å². The molecule has 7 heteroatoms. The van der Waals surface area contributed by atoms with Crippen LogP contribution in [0.2, 0.25) is 5.02 Å². The fourth-order valence-electron chi connectivity index (χ4n) is 2.22. The van der Waals surface area contributed by atoms with Gasteiger partial charge in [0, 0.05) is 18.1 Å². The molecule has 1 heterocycles. The molecule has 0 amide bonds. The van der Waals surface area contributed by atoms with E-state index in [-0.39, 0.29) is 22.8 Å². The second-order valence-electron chi connectivity index (χ2n) is 4.76. The van der Waals surface area contributed by atoms with E-state index in [1.165, 1.54) is 22.5 Å². The monoisotopic (exact) mass is 304 g/mol. The number of hydrogen-bond donors (Lipinski definition) is 1. The minimum absolute atomic E-state index is 0.0956. The molecule has 1 saturated heterocycles. The van der Waals surface area contributed by atoms with E-state index in [0.29, 0.717) is 18.1 Å². The molecular formula is C12H17ClN2O3S. The molecule has 0 spiro atoms. The molecule has 1 aliphatic heterocycles. The lowest BCUT2D eigenvalue weighted by Gasteiger charge is -2.34. The van der Waals surface area contributed by atoms with Crippen molar-refractivity contribution in [1.29, 1.82) is 0 Å². The summed E-state index contributed by atoms with van der Waals surface area (Å²) in [4.78, 5) is 0.0956. The summed E-state index contributed by atoms with van der Waals surface area (Å²) in [5, 5.41) is 0.417. The van der Waals surface area contributed by atoms with E-state index in [4.69, 9.17) is 22.1 Å². The summed E-state index contributed by atoms with van der Waals surface area (Å²) in [5.41, 5.74) is 5.93. The van der Waals surface area contributed by atoms with Gasteiger partial charge >= 0.3 is 0 Å². The topological polar surface area (TPSA) is 72.6 Å². The summed E-state index contributed by atoms with van der Waals surface area (Å²) in [6, 6.07) is 4.41. The summed E-state index contributed by atoms with van der Waals surface area (Å²) in [6.07, 6.45) is -0.265. The van der Waals surface area contributed by atoms with Gasteiger partial charge in [0.05, 0.1) is 17.9 Å². The molecule has 0 aromatic heterocycles. The van der Waals surface area contributed by atoms with Crippen molar-refractivity contribution in [2.24, 2.45) is 0 Å². The van der Waals surface area contributed by atoms with E-state index in [2.05, 4.69) is 0 Å². The van der Waals surface area contributed by atoms with Crippen LogP contribution in [0, 0.1) is 0 Å². The van der Waals surface area contributed by atoms with Crippen molar-refractivity contribution in [3.8, 4) is 0 Å². The molecule has 2 unspecified atom stereocenters. The molecule has 2 atom stereocenters. The Balaban J connectivity index is 2.36. The first-order valence-corrected chi connectivity index (χ1v) is 7.83. The Morgan fingerprint density at radius 3 is 2.42 bits per heavy atom. The van der Waals surface area contributed by atoms with Crippen molar-refractivity contribution in [2.75, 3.05) is 18.8 Å². The molecule has 5 nitrogen and oxygen atoms in total. The van der Waals surface area contributed by atoms with Crippen LogP contribution in [0.5, 0.6) is 0 Å². The molecular weight excluding hydrogens is 288 g/mol. The van der Waals surface area contributed by atoms with E-state index in [1.54, 1.807) is 0 Å². The van der Waals surface area contributed by atoms with Crippen LogP contribution >= 0.6 is 11.6 Å². The Hall–Kier alpha value is -0.820. The molecule has 0 saturated carbocycles. The SMILES string of the molecule is CC1CN(S(=O)(=O)c2ccc(Cl)cc2N)CC(C)O1. The van der Waals surface area contributed by atoms with Gasteiger partial charge in [0.15, 0.2) is 0 Å². The lowest BCUT2D eigenvalue weighted by Crippen LogP contribution is -2.48. The van der Waals surface area contributed by atoms with Gasteiger partial charge in [-0.25, -0.2) is 8.42 Å². The van der Waals surface area contributed by atoms with Gasteiger partial charge in [-0.3, -0.25) is 0 Å². The predicted molar refractivity (Wildman–Crippen MR) is 74.6 cm³/mol. The Morgan fingerprint density at radius 2 is 1.89 bits per heavy atom. The molecule has 1 aromatic carbocycles. The summed E-state index contributed by atoms with van der Waals surface area (Å²) < 4.78 is 32.1. The van der Waals surface area contributed by atoms with Gasteiger partial charge in [-0.1, -0.05) is 11.6 Å². The van der Waals surface area contributed by atoms with E-state index < -0.39 is 10.0 Å². The third kappa shape index (κ3) is 3.02. The fourth-order valence-corrected chi connectivity index (χ4v) is 4.09. The number of halogens is 1. The number of nitrogens with zero attached hydrogens (tertiary/aromatic N) is 1. The molecule has 1 fully saturated rings. The van der Waals surface area contributed by atoms with Crippen LogP contribution in [0.15, 0.2) is 23.1 Å². The standard InChI is InChI=1S/C12H17ClN2O3S/c1-8-6-15(7-9(2)18-8)19(16,17)12-4-3-10(13)5-11(12)14/h3-5,8-9H,6-7,14H2,1-2H3. The minimum Gasteiger partial charge on any atom is -0.398 e. The van der Waals surface area contributed by atoms with Crippen LogP contribution in [0.3, 0.4) is 0 Å². The van der Waals surface area contributed by atoms with Crippen molar-refractivity contribution < 1.29 is 13.2 Å². The minimum atomic E-state index is -3.61. The number of rotatable bonds is 2. The Kier molecular flexibility index (Phi) is 4.06. The molecule has 2 N–H and O–H groups in total. The number of nitrogens with two attached hydrogens (primary N) is 1. The Labute approximate surface area is 118 Å². The zero-order valence-corrected chi connectivity index (χ0v) is 12.4. The number of benzene rings is 1. The third-order valence-corrected chi connectivity index (χ3v) is 5.12. The third-order valence-electron chi connectivity index (χ3n) is 2.98. The summed E-state index contributed by atoms with van der Waals surface area (Å²) in [7, 11) is -3.61. The molecule has 19 heavy (non-hydrogen) atoms. The molecule has 1 aliphatic rings. The van der Waals surface area contributed by atoms with Crippen molar-refractivity contribution in [3.63, 3.8) is 0 Å². The first-order valence-electron chi connectivity index (χ1n) is 6.01. The molecule has 106 valence electrons. The maximum atomic E-state index is 12.6. The van der Waals surface area contributed by atoms with Crippen LogP contribution < -0.4 is 5.73 Å². The van der Waals surface area contributed by atoms with Gasteiger partial charge < -0.3 is 10.5 Å². The summed E-state index contributed by atoms with van der Waals surface area (Å²) in [5.74, 6) is 0. The molecule has 2 rings (SSSR count). The highest BCUT2D eigenvalue weighted by atomic mass is 35.5. The van der Waals surface area contributed by atoms with Crippen LogP contribution in [0.25, 0.3) is 0 Å².